The van der Waals surface area contributed by atoms with Gasteiger partial charge in [-0.05, 0) is 18.8 Å². The molecule has 24 heavy (non-hydrogen) atoms. The first kappa shape index (κ1) is 17.6. The monoisotopic (exact) mass is 339 g/mol. The Kier molecular flexibility index (Phi) is 4.71. The number of hydrogen-bond donors (Lipinski definition) is 0. The highest BCUT2D eigenvalue weighted by Gasteiger charge is 2.39. The Morgan fingerprint density at radius 1 is 1.38 bits per heavy atom. The maximum atomic E-state index is 12.5. The van der Waals surface area contributed by atoms with Crippen molar-refractivity contribution >= 4 is 17.9 Å². The molecule has 1 saturated heterocycles. The molecule has 1 aliphatic rings. The summed E-state index contributed by atoms with van der Waals surface area (Å²) >= 11 is 0. The number of rotatable bonds is 3. The zero-order chi connectivity index (χ0) is 18.1. The minimum Gasteiger partial charge on any atom is -0.390 e. The lowest BCUT2D eigenvalue weighted by Crippen LogP contribution is -2.63. The summed E-state index contributed by atoms with van der Waals surface area (Å²) in [5.74, 6) is -0.764. The molecule has 11 nitrogen and oxygen atoms in total. The highest BCUT2D eigenvalue weighted by molar-refractivity contribution is 5.78. The second-order valence-electron chi connectivity index (χ2n) is 6.46. The molecule has 0 N–H and O–H groups in total. The van der Waals surface area contributed by atoms with E-state index in [1.54, 1.807) is 23.9 Å². The summed E-state index contributed by atoms with van der Waals surface area (Å²) in [6.07, 6.45) is 1.16. The number of urea groups is 1. The largest absolute Gasteiger partial charge is 0.490 e. The van der Waals surface area contributed by atoms with Crippen molar-refractivity contribution in [1.29, 1.82) is 0 Å². The molecule has 1 fully saturated rings. The smallest absolute Gasteiger partial charge is 0.390 e. The van der Waals surface area contributed by atoms with E-state index in [4.69, 9.17) is 0 Å². The number of nitrogens with zero attached hydrogens (tertiary/aromatic N) is 7. The predicted octanol–water partition coefficient (Wildman–Crippen LogP) is -0.209. The average Bonchev–Trinajstić information content (AvgIpc) is 2.93. The van der Waals surface area contributed by atoms with Crippen LogP contribution in [0, 0.1) is 10.1 Å². The molecule has 0 radical (unpaired) electrons. The fraction of sp³-hybridized carbons (Fsp3) is 0.692. The molecule has 0 atom stereocenters. The number of hydrogen-bond acceptors (Lipinski definition) is 6. The van der Waals surface area contributed by atoms with E-state index in [2.05, 4.69) is 10.1 Å². The van der Waals surface area contributed by atoms with Crippen molar-refractivity contribution in [3.63, 3.8) is 0 Å². The van der Waals surface area contributed by atoms with E-state index in [9.17, 15) is 19.7 Å². The topological polar surface area (TPSA) is 118 Å². The summed E-state index contributed by atoms with van der Waals surface area (Å²) in [5.41, 5.74) is -0.548. The van der Waals surface area contributed by atoms with Crippen molar-refractivity contribution in [1.82, 2.24) is 29.5 Å². The van der Waals surface area contributed by atoms with Crippen molar-refractivity contribution in [2.24, 2.45) is 0 Å². The van der Waals surface area contributed by atoms with Crippen LogP contribution in [0.25, 0.3) is 0 Å². The Labute approximate surface area is 139 Å². The van der Waals surface area contributed by atoms with Crippen molar-refractivity contribution in [2.45, 2.75) is 25.9 Å². The maximum Gasteiger partial charge on any atom is 0.490 e. The first-order valence-corrected chi connectivity index (χ1v) is 7.42. The molecule has 1 aromatic heterocycles. The molecule has 1 aromatic rings. The van der Waals surface area contributed by atoms with Crippen LogP contribution in [-0.2, 0) is 11.3 Å². The Bertz CT molecular complexity index is 655. The van der Waals surface area contributed by atoms with Gasteiger partial charge in [-0.2, -0.15) is 4.68 Å². The molecule has 0 unspecified atom stereocenters. The van der Waals surface area contributed by atoms with Gasteiger partial charge in [-0.25, -0.2) is 4.79 Å². The normalized spacial score (nSPS) is 16.8. The molecular formula is C13H21N7O4. The first-order chi connectivity index (χ1) is 11.1. The summed E-state index contributed by atoms with van der Waals surface area (Å²) in [4.78, 5) is 42.9. The van der Waals surface area contributed by atoms with Gasteiger partial charge in [-0.15, -0.1) is 0 Å². The lowest BCUT2D eigenvalue weighted by atomic mass is 9.98. The van der Waals surface area contributed by atoms with Crippen LogP contribution >= 0.6 is 0 Å². The van der Waals surface area contributed by atoms with Gasteiger partial charge in [0.25, 0.3) is 0 Å². The molecular weight excluding hydrogens is 318 g/mol. The van der Waals surface area contributed by atoms with Crippen LogP contribution in [0.1, 0.15) is 13.8 Å². The maximum absolute atomic E-state index is 12.5. The van der Waals surface area contributed by atoms with Crippen molar-refractivity contribution in [2.75, 3.05) is 33.7 Å². The molecule has 3 amide bonds. The van der Waals surface area contributed by atoms with Crippen LogP contribution in [0.15, 0.2) is 6.33 Å². The van der Waals surface area contributed by atoms with Crippen LogP contribution in [0.5, 0.6) is 0 Å². The Hall–Kier alpha value is -2.72. The van der Waals surface area contributed by atoms with Crippen molar-refractivity contribution < 1.29 is 14.5 Å². The van der Waals surface area contributed by atoms with Gasteiger partial charge in [0.15, 0.2) is 0 Å². The summed E-state index contributed by atoms with van der Waals surface area (Å²) < 4.78 is 1.15. The summed E-state index contributed by atoms with van der Waals surface area (Å²) in [6, 6.07) is -0.0953. The Balaban J connectivity index is 2.04. The standard InChI is InChI=1S/C13H21N7O4/c1-13(2)8-17(12(22)16(3)4)5-6-19(13)10(21)7-18-9-14-11(15-18)20(23)24/h9H,5-8H2,1-4H3. The van der Waals surface area contributed by atoms with Crippen LogP contribution in [-0.4, -0.2) is 85.6 Å². The predicted molar refractivity (Wildman–Crippen MR) is 83.1 cm³/mol. The molecule has 0 aliphatic carbocycles. The van der Waals surface area contributed by atoms with Gasteiger partial charge in [-0.3, -0.25) is 4.79 Å². The van der Waals surface area contributed by atoms with E-state index < -0.39 is 16.4 Å². The SMILES string of the molecule is CN(C)C(=O)N1CCN(C(=O)Cn2cnc([N+](=O)[O-])n2)C(C)(C)C1. The van der Waals surface area contributed by atoms with Gasteiger partial charge >= 0.3 is 12.0 Å². The molecule has 0 saturated carbocycles. The summed E-state index contributed by atoms with van der Waals surface area (Å²) in [7, 11) is 3.37. The lowest BCUT2D eigenvalue weighted by molar-refractivity contribution is -0.394. The fourth-order valence-corrected chi connectivity index (χ4v) is 2.73. The molecule has 0 bridgehead atoms. The van der Waals surface area contributed by atoms with Crippen LogP contribution < -0.4 is 0 Å². The van der Waals surface area contributed by atoms with Crippen LogP contribution in [0.2, 0.25) is 0 Å². The number of nitro groups is 1. The number of aromatic nitrogens is 3. The molecule has 1 aliphatic heterocycles. The highest BCUT2D eigenvalue weighted by Crippen LogP contribution is 2.22. The third-order valence-electron chi connectivity index (χ3n) is 3.84. The Morgan fingerprint density at radius 2 is 2.04 bits per heavy atom. The third-order valence-corrected chi connectivity index (χ3v) is 3.84. The van der Waals surface area contributed by atoms with E-state index in [1.807, 2.05) is 13.8 Å². The number of amides is 3. The van der Waals surface area contributed by atoms with Crippen molar-refractivity contribution in [3.05, 3.63) is 16.4 Å². The van der Waals surface area contributed by atoms with Crippen molar-refractivity contribution in [3.8, 4) is 0 Å². The minimum atomic E-state index is -0.712. The molecule has 2 rings (SSSR count). The summed E-state index contributed by atoms with van der Waals surface area (Å²) in [6.45, 7) is 4.86. The van der Waals surface area contributed by atoms with Gasteiger partial charge in [0.2, 0.25) is 12.2 Å². The molecule has 2 heterocycles. The third kappa shape index (κ3) is 3.60. The van der Waals surface area contributed by atoms with Crippen LogP contribution in [0.3, 0.4) is 0 Å². The molecule has 0 spiro atoms. The van der Waals surface area contributed by atoms with Gasteiger partial charge in [0.1, 0.15) is 6.54 Å². The van der Waals surface area contributed by atoms with E-state index >= 15 is 0 Å². The van der Waals surface area contributed by atoms with Crippen LogP contribution in [0.4, 0.5) is 10.7 Å². The molecule has 132 valence electrons. The number of carbonyl (C=O) groups excluding carboxylic acids is 2. The number of carbonyl (C=O) groups is 2. The van der Waals surface area contributed by atoms with Gasteiger partial charge in [0.05, 0.1) is 5.54 Å². The van der Waals surface area contributed by atoms with Gasteiger partial charge in [-0.1, -0.05) is 4.98 Å². The second kappa shape index (κ2) is 6.42. The molecule has 0 aromatic carbocycles. The number of piperazine rings is 1. The Morgan fingerprint density at radius 3 is 2.54 bits per heavy atom. The first-order valence-electron chi connectivity index (χ1n) is 7.42. The average molecular weight is 339 g/mol. The summed E-state index contributed by atoms with van der Waals surface area (Å²) in [5, 5.41) is 14.2. The zero-order valence-electron chi connectivity index (χ0n) is 14.2. The van der Waals surface area contributed by atoms with E-state index in [0.717, 1.165) is 11.0 Å². The highest BCUT2D eigenvalue weighted by atomic mass is 16.6. The van der Waals surface area contributed by atoms with Gasteiger partial charge in [0, 0.05) is 38.8 Å². The molecule has 11 heteroatoms. The zero-order valence-corrected chi connectivity index (χ0v) is 14.2. The van der Waals surface area contributed by atoms with E-state index in [0.29, 0.717) is 19.6 Å². The van der Waals surface area contributed by atoms with E-state index in [1.165, 1.54) is 4.90 Å². The van der Waals surface area contributed by atoms with E-state index in [-0.39, 0.29) is 18.5 Å². The minimum absolute atomic E-state index is 0.0953. The fourth-order valence-electron chi connectivity index (χ4n) is 2.73. The quantitative estimate of drug-likeness (QED) is 0.555. The lowest BCUT2D eigenvalue weighted by Gasteiger charge is -2.47. The second-order valence-corrected chi connectivity index (χ2v) is 6.46. The van der Waals surface area contributed by atoms with Gasteiger partial charge < -0.3 is 24.8 Å².